The number of fused-ring (bicyclic) bond motifs is 3. The van der Waals surface area contributed by atoms with Crippen molar-refractivity contribution >= 4 is 32.4 Å². The molecule has 0 aliphatic carbocycles. The highest BCUT2D eigenvalue weighted by atomic mass is 32.1. The molecule has 1 amide bonds. The van der Waals surface area contributed by atoms with E-state index >= 15 is 0 Å². The predicted molar refractivity (Wildman–Crippen MR) is 128 cm³/mol. The quantitative estimate of drug-likeness (QED) is 0.413. The topological polar surface area (TPSA) is 71.8 Å². The standard InChI is InChI=1S/C24H26FN5O2S/c1-32-21-14-20-22(33-24-28-19(15-30(20)24)16-3-8-26-9-4-16)13-18(21)23(31)27-7-2-10-29-11-5-17(25)6-12-29/h3-4,8-9,13-15,17H,2,5-7,10-12H2,1H3,(H,27,31). The number of nitrogens with one attached hydrogen (secondary N) is 1. The molecule has 5 rings (SSSR count). The average Bonchev–Trinajstić information content (AvgIpc) is 3.40. The maximum absolute atomic E-state index is 13.3. The van der Waals surface area contributed by atoms with E-state index in [0.717, 1.165) is 52.5 Å². The molecule has 1 saturated heterocycles. The maximum atomic E-state index is 13.3. The van der Waals surface area contributed by atoms with Crippen LogP contribution >= 0.6 is 11.3 Å². The molecule has 4 aromatic rings. The minimum atomic E-state index is -0.661. The van der Waals surface area contributed by atoms with Gasteiger partial charge in [0, 0.05) is 49.9 Å². The Kier molecular flexibility index (Phi) is 6.24. The number of amides is 1. The van der Waals surface area contributed by atoms with Gasteiger partial charge in [0.2, 0.25) is 0 Å². The van der Waals surface area contributed by atoms with Gasteiger partial charge >= 0.3 is 0 Å². The molecule has 0 unspecified atom stereocenters. The molecule has 9 heteroatoms. The summed E-state index contributed by atoms with van der Waals surface area (Å²) in [6.07, 6.45) is 6.88. The molecule has 0 spiro atoms. The lowest BCUT2D eigenvalue weighted by molar-refractivity contribution is 0.0947. The number of halogens is 1. The number of pyridine rings is 1. The largest absolute Gasteiger partial charge is 0.496 e. The number of aromatic nitrogens is 3. The Labute approximate surface area is 195 Å². The van der Waals surface area contributed by atoms with Crippen molar-refractivity contribution < 1.29 is 13.9 Å². The third-order valence-electron chi connectivity index (χ3n) is 6.09. The van der Waals surface area contributed by atoms with Crippen molar-refractivity contribution in [3.05, 3.63) is 48.4 Å². The van der Waals surface area contributed by atoms with Gasteiger partial charge in [-0.05, 0) is 44.0 Å². The summed E-state index contributed by atoms with van der Waals surface area (Å²) in [5.74, 6) is 0.378. The Morgan fingerprint density at radius 2 is 2.06 bits per heavy atom. The highest BCUT2D eigenvalue weighted by Gasteiger charge is 2.19. The van der Waals surface area contributed by atoms with E-state index in [0.29, 0.717) is 30.7 Å². The number of hydrogen-bond donors (Lipinski definition) is 1. The Morgan fingerprint density at radius 3 is 2.82 bits per heavy atom. The van der Waals surface area contributed by atoms with Crippen LogP contribution in [0.4, 0.5) is 4.39 Å². The van der Waals surface area contributed by atoms with Crippen LogP contribution in [-0.4, -0.2) is 64.6 Å². The minimum absolute atomic E-state index is 0.153. The van der Waals surface area contributed by atoms with Crippen LogP contribution in [0, 0.1) is 0 Å². The number of carbonyl (C=O) groups excluding carboxylic acids is 1. The molecule has 1 fully saturated rings. The molecule has 33 heavy (non-hydrogen) atoms. The summed E-state index contributed by atoms with van der Waals surface area (Å²) in [7, 11) is 1.58. The highest BCUT2D eigenvalue weighted by molar-refractivity contribution is 7.23. The zero-order chi connectivity index (χ0) is 22.8. The van der Waals surface area contributed by atoms with Crippen molar-refractivity contribution in [3.63, 3.8) is 0 Å². The fourth-order valence-electron chi connectivity index (χ4n) is 4.26. The number of alkyl halides is 1. The molecule has 1 aliphatic heterocycles. The predicted octanol–water partition coefficient (Wildman–Crippen LogP) is 4.17. The number of likely N-dealkylation sites (tertiary alicyclic amines) is 1. The van der Waals surface area contributed by atoms with E-state index in [9.17, 15) is 9.18 Å². The van der Waals surface area contributed by atoms with Gasteiger partial charge in [0.15, 0.2) is 4.96 Å². The van der Waals surface area contributed by atoms with Gasteiger partial charge in [0.25, 0.3) is 5.91 Å². The molecule has 1 N–H and O–H groups in total. The van der Waals surface area contributed by atoms with Crippen molar-refractivity contribution in [1.82, 2.24) is 24.6 Å². The van der Waals surface area contributed by atoms with Crippen molar-refractivity contribution in [1.29, 1.82) is 0 Å². The first kappa shape index (κ1) is 21.8. The lowest BCUT2D eigenvalue weighted by atomic mass is 10.1. The van der Waals surface area contributed by atoms with Crippen LogP contribution < -0.4 is 10.1 Å². The number of carbonyl (C=O) groups is 1. The molecule has 0 saturated carbocycles. The molecule has 1 aliphatic rings. The first-order chi connectivity index (χ1) is 16.1. The number of ether oxygens (including phenoxy) is 1. The molecule has 172 valence electrons. The van der Waals surface area contributed by atoms with Crippen LogP contribution in [0.15, 0.2) is 42.9 Å². The number of imidazole rings is 1. The number of hydrogen-bond acceptors (Lipinski definition) is 6. The number of benzene rings is 1. The molecule has 0 atom stereocenters. The van der Waals surface area contributed by atoms with Gasteiger partial charge in [0.05, 0.1) is 28.6 Å². The van der Waals surface area contributed by atoms with E-state index < -0.39 is 6.17 Å². The second kappa shape index (κ2) is 9.44. The summed E-state index contributed by atoms with van der Waals surface area (Å²) in [5, 5.41) is 3.00. The summed E-state index contributed by atoms with van der Waals surface area (Å²) >= 11 is 1.54. The maximum Gasteiger partial charge on any atom is 0.255 e. The lowest BCUT2D eigenvalue weighted by Crippen LogP contribution is -2.36. The van der Waals surface area contributed by atoms with E-state index in [1.807, 2.05) is 34.9 Å². The summed E-state index contributed by atoms with van der Waals surface area (Å²) in [4.78, 5) is 24.8. The van der Waals surface area contributed by atoms with Crippen LogP contribution in [0.3, 0.4) is 0 Å². The third kappa shape index (κ3) is 4.56. The van der Waals surface area contributed by atoms with Gasteiger partial charge < -0.3 is 15.0 Å². The second-order valence-corrected chi connectivity index (χ2v) is 9.27. The molecule has 7 nitrogen and oxygen atoms in total. The van der Waals surface area contributed by atoms with Crippen molar-refractivity contribution in [3.8, 4) is 17.0 Å². The second-order valence-electron chi connectivity index (χ2n) is 8.26. The Balaban J connectivity index is 1.30. The summed E-state index contributed by atoms with van der Waals surface area (Å²) in [6, 6.07) is 7.63. The Morgan fingerprint density at radius 1 is 1.27 bits per heavy atom. The summed E-state index contributed by atoms with van der Waals surface area (Å²) in [6.45, 7) is 3.02. The van der Waals surface area contributed by atoms with Gasteiger partial charge in [-0.2, -0.15) is 0 Å². The van der Waals surface area contributed by atoms with Gasteiger partial charge in [-0.1, -0.05) is 11.3 Å². The SMILES string of the molecule is COc1cc2c(cc1C(=O)NCCCN1CCC(F)CC1)sc1nc(-c3ccncc3)cn12. The van der Waals surface area contributed by atoms with E-state index in [-0.39, 0.29) is 5.91 Å². The number of rotatable bonds is 7. The van der Waals surface area contributed by atoms with Crippen LogP contribution in [0.25, 0.3) is 26.4 Å². The molecule has 4 heterocycles. The van der Waals surface area contributed by atoms with Crippen molar-refractivity contribution in [2.75, 3.05) is 33.3 Å². The van der Waals surface area contributed by atoms with Crippen molar-refractivity contribution in [2.45, 2.75) is 25.4 Å². The van der Waals surface area contributed by atoms with Gasteiger partial charge in [-0.3, -0.25) is 14.2 Å². The van der Waals surface area contributed by atoms with E-state index in [2.05, 4.69) is 15.2 Å². The number of thiazole rings is 1. The zero-order valence-electron chi connectivity index (χ0n) is 18.5. The summed E-state index contributed by atoms with van der Waals surface area (Å²) < 4.78 is 21.8. The number of piperidine rings is 1. The smallest absolute Gasteiger partial charge is 0.255 e. The van der Waals surface area contributed by atoms with Gasteiger partial charge in [0.1, 0.15) is 11.9 Å². The normalized spacial score (nSPS) is 15.3. The molecule has 0 bridgehead atoms. The number of methoxy groups -OCH3 is 1. The summed E-state index contributed by atoms with van der Waals surface area (Å²) in [5.41, 5.74) is 3.35. The van der Waals surface area contributed by atoms with Crippen LogP contribution in [0.1, 0.15) is 29.6 Å². The number of nitrogens with zero attached hydrogens (tertiary/aromatic N) is 4. The lowest BCUT2D eigenvalue weighted by Gasteiger charge is -2.28. The fourth-order valence-corrected chi connectivity index (χ4v) is 5.29. The highest BCUT2D eigenvalue weighted by Crippen LogP contribution is 2.34. The first-order valence-electron chi connectivity index (χ1n) is 11.2. The zero-order valence-corrected chi connectivity index (χ0v) is 19.3. The van der Waals surface area contributed by atoms with Crippen LogP contribution in [0.5, 0.6) is 5.75 Å². The van der Waals surface area contributed by atoms with Crippen LogP contribution in [-0.2, 0) is 0 Å². The Bertz CT molecular complexity index is 1260. The molecule has 1 aromatic carbocycles. The monoisotopic (exact) mass is 467 g/mol. The van der Waals surface area contributed by atoms with Crippen molar-refractivity contribution in [2.24, 2.45) is 0 Å². The minimum Gasteiger partial charge on any atom is -0.496 e. The molecule has 0 radical (unpaired) electrons. The van der Waals surface area contributed by atoms with E-state index in [1.165, 1.54) is 11.3 Å². The van der Waals surface area contributed by atoms with E-state index in [4.69, 9.17) is 9.72 Å². The van der Waals surface area contributed by atoms with Crippen LogP contribution in [0.2, 0.25) is 0 Å². The van der Waals surface area contributed by atoms with E-state index in [1.54, 1.807) is 19.5 Å². The third-order valence-corrected chi connectivity index (χ3v) is 7.11. The molecule has 3 aromatic heterocycles. The molecular formula is C24H26FN5O2S. The average molecular weight is 468 g/mol. The van der Waals surface area contributed by atoms with Gasteiger partial charge in [-0.25, -0.2) is 9.37 Å². The Hall–Kier alpha value is -3.04. The van der Waals surface area contributed by atoms with Gasteiger partial charge in [-0.15, -0.1) is 0 Å². The fraction of sp³-hybridized carbons (Fsp3) is 0.375. The first-order valence-corrected chi connectivity index (χ1v) is 12.0. The molecular weight excluding hydrogens is 441 g/mol.